The Morgan fingerprint density at radius 1 is 1.59 bits per heavy atom. The zero-order chi connectivity index (χ0) is 12.5. The Bertz CT molecular complexity index is 444. The normalized spacial score (nSPS) is 23.7. The molecule has 92 valence electrons. The summed E-state index contributed by atoms with van der Waals surface area (Å²) < 4.78 is 6.29. The first-order valence-electron chi connectivity index (χ1n) is 5.42. The van der Waals surface area contributed by atoms with Crippen molar-refractivity contribution < 1.29 is 9.53 Å². The lowest BCUT2D eigenvalue weighted by Gasteiger charge is -2.22. The fourth-order valence-corrected chi connectivity index (χ4v) is 2.32. The molecule has 2 rings (SSSR count). The number of ether oxygens (including phenoxy) is 1. The minimum absolute atomic E-state index is 0.127. The van der Waals surface area contributed by atoms with Gasteiger partial charge in [0.1, 0.15) is 5.60 Å². The summed E-state index contributed by atoms with van der Waals surface area (Å²) in [5.41, 5.74) is -0.0545. The predicted molar refractivity (Wildman–Crippen MR) is 71.4 cm³/mol. The molecule has 0 bridgehead atoms. The van der Waals surface area contributed by atoms with Crippen LogP contribution in [0.3, 0.4) is 0 Å². The van der Waals surface area contributed by atoms with Crippen LogP contribution in [-0.2, 0) is 9.53 Å². The fraction of sp³-hybridized carbons (Fsp3) is 0.417. The Balaban J connectivity index is 2.15. The molecule has 1 saturated heterocycles. The first kappa shape index (κ1) is 12.9. The van der Waals surface area contributed by atoms with Gasteiger partial charge in [0.15, 0.2) is 0 Å². The van der Waals surface area contributed by atoms with Crippen molar-refractivity contribution in [1.82, 2.24) is 0 Å². The van der Waals surface area contributed by atoms with Crippen molar-refractivity contribution >= 4 is 39.1 Å². The van der Waals surface area contributed by atoms with Gasteiger partial charge in [-0.25, -0.2) is 0 Å². The largest absolute Gasteiger partial charge is 0.365 e. The number of nitrogens with one attached hydrogen (secondary N) is 1. The molecule has 1 unspecified atom stereocenters. The van der Waals surface area contributed by atoms with E-state index in [0.717, 1.165) is 17.3 Å². The van der Waals surface area contributed by atoms with E-state index >= 15 is 0 Å². The summed E-state index contributed by atoms with van der Waals surface area (Å²) in [4.78, 5) is 12.1. The molecule has 1 aliphatic rings. The number of carbonyl (C=O) groups excluding carboxylic acids is 1. The maximum atomic E-state index is 12.1. The van der Waals surface area contributed by atoms with E-state index in [-0.39, 0.29) is 5.91 Å². The van der Waals surface area contributed by atoms with Crippen LogP contribution in [0.2, 0.25) is 5.02 Å². The van der Waals surface area contributed by atoms with Gasteiger partial charge in [0.2, 0.25) is 0 Å². The quantitative estimate of drug-likeness (QED) is 0.904. The maximum Gasteiger partial charge on any atom is 0.256 e. The third kappa shape index (κ3) is 2.81. The summed E-state index contributed by atoms with van der Waals surface area (Å²) in [5, 5.41) is 3.42. The highest BCUT2D eigenvalue weighted by molar-refractivity contribution is 9.10. The van der Waals surface area contributed by atoms with Crippen molar-refractivity contribution in [3.05, 3.63) is 27.7 Å². The monoisotopic (exact) mass is 317 g/mol. The van der Waals surface area contributed by atoms with Crippen LogP contribution in [0.4, 0.5) is 5.69 Å². The van der Waals surface area contributed by atoms with E-state index in [1.54, 1.807) is 18.2 Å². The smallest absolute Gasteiger partial charge is 0.256 e. The average Bonchev–Trinajstić information content (AvgIpc) is 2.72. The third-order valence-corrected chi connectivity index (χ3v) is 3.80. The number of halogens is 2. The second-order valence-corrected chi connectivity index (χ2v) is 5.55. The highest BCUT2D eigenvalue weighted by Gasteiger charge is 2.37. The average molecular weight is 319 g/mol. The van der Waals surface area contributed by atoms with E-state index in [4.69, 9.17) is 16.3 Å². The van der Waals surface area contributed by atoms with Gasteiger partial charge in [0.05, 0.1) is 5.69 Å². The van der Waals surface area contributed by atoms with Crippen LogP contribution < -0.4 is 5.32 Å². The van der Waals surface area contributed by atoms with Gasteiger partial charge >= 0.3 is 0 Å². The Morgan fingerprint density at radius 2 is 2.35 bits per heavy atom. The number of benzene rings is 1. The summed E-state index contributed by atoms with van der Waals surface area (Å²) in [6.45, 7) is 2.45. The fourth-order valence-electron chi connectivity index (χ4n) is 1.81. The van der Waals surface area contributed by atoms with Crippen LogP contribution in [0.15, 0.2) is 22.7 Å². The molecule has 1 fully saturated rings. The van der Waals surface area contributed by atoms with Gasteiger partial charge in [0, 0.05) is 16.1 Å². The molecule has 0 aromatic heterocycles. The van der Waals surface area contributed by atoms with Gasteiger partial charge < -0.3 is 10.1 Å². The number of amides is 1. The summed E-state index contributed by atoms with van der Waals surface area (Å²) in [6.07, 6.45) is 1.66. The highest BCUT2D eigenvalue weighted by Crippen LogP contribution is 2.30. The summed E-state index contributed by atoms with van der Waals surface area (Å²) in [7, 11) is 0. The first-order chi connectivity index (χ1) is 8.01. The Hall–Kier alpha value is -0.580. The van der Waals surface area contributed by atoms with Gasteiger partial charge in [-0.15, -0.1) is 0 Å². The molecule has 1 aliphatic heterocycles. The molecule has 17 heavy (non-hydrogen) atoms. The van der Waals surface area contributed by atoms with E-state index in [0.29, 0.717) is 17.3 Å². The van der Waals surface area contributed by atoms with E-state index in [2.05, 4.69) is 21.2 Å². The van der Waals surface area contributed by atoms with Crippen molar-refractivity contribution in [1.29, 1.82) is 0 Å². The Labute approximate surface area is 114 Å². The summed E-state index contributed by atoms with van der Waals surface area (Å²) in [6, 6.07) is 5.27. The molecular weight excluding hydrogens is 305 g/mol. The number of carbonyl (C=O) groups is 1. The first-order valence-corrected chi connectivity index (χ1v) is 6.59. The maximum absolute atomic E-state index is 12.1. The van der Waals surface area contributed by atoms with Gasteiger partial charge in [0.25, 0.3) is 5.91 Å². The van der Waals surface area contributed by atoms with E-state index < -0.39 is 5.60 Å². The van der Waals surface area contributed by atoms with Crippen molar-refractivity contribution in [2.75, 3.05) is 11.9 Å². The van der Waals surface area contributed by atoms with Crippen molar-refractivity contribution in [2.24, 2.45) is 0 Å². The highest BCUT2D eigenvalue weighted by atomic mass is 79.9. The van der Waals surface area contributed by atoms with Crippen LogP contribution in [-0.4, -0.2) is 18.1 Å². The van der Waals surface area contributed by atoms with Crippen molar-refractivity contribution in [2.45, 2.75) is 25.4 Å². The SMILES string of the molecule is CC1(C(=O)Nc2cc(Cl)ccc2Br)CCCO1. The van der Waals surface area contributed by atoms with Crippen LogP contribution in [0.1, 0.15) is 19.8 Å². The van der Waals surface area contributed by atoms with E-state index in [9.17, 15) is 4.79 Å². The van der Waals surface area contributed by atoms with Crippen LogP contribution >= 0.6 is 27.5 Å². The number of anilines is 1. The minimum atomic E-state index is -0.720. The molecule has 1 amide bonds. The molecule has 0 spiro atoms. The second kappa shape index (κ2) is 4.96. The van der Waals surface area contributed by atoms with Gasteiger partial charge in [-0.05, 0) is 53.9 Å². The third-order valence-electron chi connectivity index (χ3n) is 2.88. The topological polar surface area (TPSA) is 38.3 Å². The van der Waals surface area contributed by atoms with Crippen molar-refractivity contribution in [3.63, 3.8) is 0 Å². The lowest BCUT2D eigenvalue weighted by Crippen LogP contribution is -2.39. The van der Waals surface area contributed by atoms with E-state index in [1.165, 1.54) is 0 Å². The Morgan fingerprint density at radius 3 is 3.00 bits per heavy atom. The molecule has 0 aliphatic carbocycles. The number of hydrogen-bond acceptors (Lipinski definition) is 2. The van der Waals surface area contributed by atoms with Gasteiger partial charge in [-0.1, -0.05) is 11.6 Å². The van der Waals surface area contributed by atoms with Crippen LogP contribution in [0.5, 0.6) is 0 Å². The molecule has 1 heterocycles. The molecule has 5 heteroatoms. The number of rotatable bonds is 2. The zero-order valence-electron chi connectivity index (χ0n) is 9.43. The standard InChI is InChI=1S/C12H13BrClNO2/c1-12(5-2-6-17-12)11(16)15-10-7-8(14)3-4-9(10)13/h3-4,7H,2,5-6H2,1H3,(H,15,16). The van der Waals surface area contributed by atoms with Crippen LogP contribution in [0, 0.1) is 0 Å². The molecule has 1 atom stereocenters. The van der Waals surface area contributed by atoms with Crippen molar-refractivity contribution in [3.8, 4) is 0 Å². The Kier molecular flexibility index (Phi) is 3.76. The predicted octanol–water partition coefficient (Wildman–Crippen LogP) is 3.61. The van der Waals surface area contributed by atoms with Crippen LogP contribution in [0.25, 0.3) is 0 Å². The molecule has 3 nitrogen and oxygen atoms in total. The summed E-state index contributed by atoms with van der Waals surface area (Å²) >= 11 is 9.26. The molecule has 1 aromatic rings. The molecular formula is C12H13BrClNO2. The molecule has 1 N–H and O–H groups in total. The minimum Gasteiger partial charge on any atom is -0.365 e. The summed E-state index contributed by atoms with van der Waals surface area (Å²) in [5.74, 6) is -0.127. The zero-order valence-corrected chi connectivity index (χ0v) is 11.8. The second-order valence-electron chi connectivity index (χ2n) is 4.26. The van der Waals surface area contributed by atoms with Gasteiger partial charge in [-0.2, -0.15) is 0 Å². The van der Waals surface area contributed by atoms with E-state index in [1.807, 2.05) is 6.92 Å². The lowest BCUT2D eigenvalue weighted by atomic mass is 10.0. The molecule has 0 saturated carbocycles. The molecule has 1 aromatic carbocycles. The number of hydrogen-bond donors (Lipinski definition) is 1. The lowest BCUT2D eigenvalue weighted by molar-refractivity contribution is -0.133. The van der Waals surface area contributed by atoms with Gasteiger partial charge in [-0.3, -0.25) is 4.79 Å². The molecule has 0 radical (unpaired) electrons.